The van der Waals surface area contributed by atoms with E-state index in [0.29, 0.717) is 0 Å². The van der Waals surface area contributed by atoms with Crippen molar-refractivity contribution in [3.8, 4) is 0 Å². The number of rotatable bonds is 3. The fourth-order valence-electron chi connectivity index (χ4n) is 1.50. The molecule has 0 aromatic rings. The van der Waals surface area contributed by atoms with E-state index >= 15 is 0 Å². The van der Waals surface area contributed by atoms with Gasteiger partial charge in [0.25, 0.3) is 0 Å². The molecule has 0 saturated carbocycles. The number of hydrogen-bond donors (Lipinski definition) is 1. The second-order valence-electron chi connectivity index (χ2n) is 3.12. The molecule has 0 bridgehead atoms. The Morgan fingerprint density at radius 1 is 1.83 bits per heavy atom. The summed E-state index contributed by atoms with van der Waals surface area (Å²) in [5.74, 6) is 0. The summed E-state index contributed by atoms with van der Waals surface area (Å²) in [6, 6.07) is 0. The molecule has 1 N–H and O–H groups in total. The molecule has 0 amide bonds. The second-order valence-corrected chi connectivity index (χ2v) is 3.12. The van der Waals surface area contributed by atoms with E-state index in [2.05, 4.69) is 6.58 Å². The predicted molar refractivity (Wildman–Crippen MR) is 48.9 cm³/mol. The van der Waals surface area contributed by atoms with E-state index in [1.807, 2.05) is 12.2 Å². The van der Waals surface area contributed by atoms with E-state index in [-0.39, 0.29) is 12.2 Å². The third-order valence-corrected chi connectivity index (χ3v) is 2.22. The fourth-order valence-corrected chi connectivity index (χ4v) is 1.50. The zero-order valence-corrected chi connectivity index (χ0v) is 7.49. The molecule has 0 aromatic heterocycles. The van der Waals surface area contributed by atoms with Gasteiger partial charge in [0, 0.05) is 7.11 Å². The molecule has 0 spiro atoms. The van der Waals surface area contributed by atoms with Gasteiger partial charge in [0.1, 0.15) is 6.10 Å². The zero-order valence-electron chi connectivity index (χ0n) is 7.49. The van der Waals surface area contributed by atoms with Crippen molar-refractivity contribution >= 4 is 0 Å². The highest BCUT2D eigenvalue weighted by molar-refractivity contribution is 5.14. The van der Waals surface area contributed by atoms with Crippen LogP contribution in [0.15, 0.2) is 24.3 Å². The fraction of sp³-hybridized carbons (Fsp3) is 0.600. The summed E-state index contributed by atoms with van der Waals surface area (Å²) >= 11 is 0. The van der Waals surface area contributed by atoms with Crippen LogP contribution in [0.5, 0.6) is 0 Å². The van der Waals surface area contributed by atoms with Crippen LogP contribution in [-0.2, 0) is 4.74 Å². The van der Waals surface area contributed by atoms with Gasteiger partial charge in [-0.05, 0) is 19.3 Å². The molecule has 12 heavy (non-hydrogen) atoms. The average molecular weight is 168 g/mol. The van der Waals surface area contributed by atoms with Gasteiger partial charge in [0.15, 0.2) is 0 Å². The summed E-state index contributed by atoms with van der Waals surface area (Å²) in [4.78, 5) is 0. The molecule has 0 heterocycles. The lowest BCUT2D eigenvalue weighted by Crippen LogP contribution is -2.29. The Bertz CT molecular complexity index is 184. The monoisotopic (exact) mass is 168 g/mol. The Labute approximate surface area is 73.5 Å². The number of methoxy groups -OCH3 is 1. The van der Waals surface area contributed by atoms with Crippen molar-refractivity contribution in [1.29, 1.82) is 0 Å². The molecule has 1 aliphatic rings. The molecular formula is C10H16O2. The van der Waals surface area contributed by atoms with Crippen molar-refractivity contribution in [3.05, 3.63) is 24.3 Å². The first kappa shape index (κ1) is 9.49. The maximum Gasteiger partial charge on any atom is 0.101 e. The van der Waals surface area contributed by atoms with Crippen molar-refractivity contribution in [2.45, 2.75) is 31.5 Å². The average Bonchev–Trinajstić information content (AvgIpc) is 2.09. The van der Waals surface area contributed by atoms with Crippen LogP contribution >= 0.6 is 0 Å². The molecule has 1 aliphatic carbocycles. The maximum absolute atomic E-state index is 9.46. The molecule has 0 saturated heterocycles. The van der Waals surface area contributed by atoms with Gasteiger partial charge in [0.05, 0.1) is 6.10 Å². The number of ether oxygens (including phenoxy) is 1. The zero-order chi connectivity index (χ0) is 8.97. The molecule has 0 aliphatic heterocycles. The van der Waals surface area contributed by atoms with Crippen LogP contribution in [0.2, 0.25) is 0 Å². The number of aliphatic hydroxyl groups excluding tert-OH is 1. The lowest BCUT2D eigenvalue weighted by atomic mass is 9.93. The van der Waals surface area contributed by atoms with E-state index in [4.69, 9.17) is 4.74 Å². The maximum atomic E-state index is 9.46. The third kappa shape index (κ3) is 2.19. The number of aliphatic hydroxyl groups is 1. The van der Waals surface area contributed by atoms with E-state index in [0.717, 1.165) is 19.3 Å². The first-order chi connectivity index (χ1) is 5.77. The summed E-state index contributed by atoms with van der Waals surface area (Å²) in [5.41, 5.74) is 1.32. The van der Waals surface area contributed by atoms with Gasteiger partial charge in [-0.15, -0.1) is 6.58 Å². The summed E-state index contributed by atoms with van der Waals surface area (Å²) < 4.78 is 5.12. The first-order valence-electron chi connectivity index (χ1n) is 4.29. The Kier molecular flexibility index (Phi) is 3.50. The van der Waals surface area contributed by atoms with Crippen LogP contribution in [0.4, 0.5) is 0 Å². The van der Waals surface area contributed by atoms with Crippen LogP contribution in [0, 0.1) is 0 Å². The molecular weight excluding hydrogens is 152 g/mol. The minimum atomic E-state index is -0.330. The molecule has 2 nitrogen and oxygen atoms in total. The van der Waals surface area contributed by atoms with Crippen molar-refractivity contribution in [2.24, 2.45) is 0 Å². The van der Waals surface area contributed by atoms with E-state index in [1.54, 1.807) is 7.11 Å². The second kappa shape index (κ2) is 4.43. The van der Waals surface area contributed by atoms with Gasteiger partial charge in [-0.2, -0.15) is 0 Å². The van der Waals surface area contributed by atoms with Crippen LogP contribution in [0.1, 0.15) is 19.3 Å². The predicted octanol–water partition coefficient (Wildman–Crippen LogP) is 1.66. The molecule has 0 radical (unpaired) electrons. The topological polar surface area (TPSA) is 29.5 Å². The van der Waals surface area contributed by atoms with Gasteiger partial charge < -0.3 is 9.84 Å². The number of allylic oxidation sites excluding steroid dienone is 2. The Balaban J connectivity index is 2.59. The Hall–Kier alpha value is -0.600. The number of hydrogen-bond acceptors (Lipinski definition) is 2. The van der Waals surface area contributed by atoms with E-state index in [1.165, 1.54) is 5.57 Å². The Morgan fingerprint density at radius 3 is 3.17 bits per heavy atom. The normalized spacial score (nSPS) is 29.7. The van der Waals surface area contributed by atoms with Gasteiger partial charge >= 0.3 is 0 Å². The largest absolute Gasteiger partial charge is 0.390 e. The SMILES string of the molecule is C=CCC1=CC(OC)C(O)CC1. The van der Waals surface area contributed by atoms with E-state index in [9.17, 15) is 5.11 Å². The highest BCUT2D eigenvalue weighted by atomic mass is 16.5. The van der Waals surface area contributed by atoms with Crippen molar-refractivity contribution < 1.29 is 9.84 Å². The van der Waals surface area contributed by atoms with E-state index < -0.39 is 0 Å². The van der Waals surface area contributed by atoms with Gasteiger partial charge in [-0.1, -0.05) is 17.7 Å². The molecule has 0 aromatic carbocycles. The molecule has 2 heteroatoms. The smallest absolute Gasteiger partial charge is 0.101 e. The van der Waals surface area contributed by atoms with Crippen LogP contribution in [0.25, 0.3) is 0 Å². The molecule has 2 atom stereocenters. The first-order valence-corrected chi connectivity index (χ1v) is 4.29. The summed E-state index contributed by atoms with van der Waals surface area (Å²) in [6.45, 7) is 3.68. The standard InChI is InChI=1S/C10H16O2/c1-3-4-8-5-6-9(11)10(7-8)12-2/h3,7,9-11H,1,4-6H2,2H3. The molecule has 0 fully saturated rings. The summed E-state index contributed by atoms with van der Waals surface area (Å²) in [6.07, 6.45) is 6.13. The quantitative estimate of drug-likeness (QED) is 0.649. The minimum Gasteiger partial charge on any atom is -0.390 e. The van der Waals surface area contributed by atoms with Crippen molar-refractivity contribution in [1.82, 2.24) is 0 Å². The lowest BCUT2D eigenvalue weighted by Gasteiger charge is -2.24. The minimum absolute atomic E-state index is 0.117. The molecule has 1 rings (SSSR count). The highest BCUT2D eigenvalue weighted by Crippen LogP contribution is 2.22. The molecule has 68 valence electrons. The van der Waals surface area contributed by atoms with Crippen molar-refractivity contribution in [3.63, 3.8) is 0 Å². The van der Waals surface area contributed by atoms with Crippen LogP contribution in [0.3, 0.4) is 0 Å². The van der Waals surface area contributed by atoms with Gasteiger partial charge in [-0.25, -0.2) is 0 Å². The van der Waals surface area contributed by atoms with Crippen LogP contribution < -0.4 is 0 Å². The van der Waals surface area contributed by atoms with Gasteiger partial charge in [-0.3, -0.25) is 0 Å². The van der Waals surface area contributed by atoms with Crippen molar-refractivity contribution in [2.75, 3.05) is 7.11 Å². The third-order valence-electron chi connectivity index (χ3n) is 2.22. The van der Waals surface area contributed by atoms with Gasteiger partial charge in [0.2, 0.25) is 0 Å². The lowest BCUT2D eigenvalue weighted by molar-refractivity contribution is 0.00726. The Morgan fingerprint density at radius 2 is 2.58 bits per heavy atom. The summed E-state index contributed by atoms with van der Waals surface area (Å²) in [7, 11) is 1.63. The van der Waals surface area contributed by atoms with Crippen LogP contribution in [-0.4, -0.2) is 24.4 Å². The molecule has 2 unspecified atom stereocenters. The highest BCUT2D eigenvalue weighted by Gasteiger charge is 2.21. The summed E-state index contributed by atoms with van der Waals surface area (Å²) in [5, 5.41) is 9.46.